The van der Waals surface area contributed by atoms with E-state index in [0.717, 1.165) is 12.0 Å². The summed E-state index contributed by atoms with van der Waals surface area (Å²) in [6, 6.07) is 9.11. The number of hydrogen-bond acceptors (Lipinski definition) is 6. The Kier molecular flexibility index (Phi) is 6.95. The van der Waals surface area contributed by atoms with Crippen molar-refractivity contribution in [3.8, 4) is 0 Å². The molecule has 1 aromatic rings. The fourth-order valence-corrected chi connectivity index (χ4v) is 2.89. The summed E-state index contributed by atoms with van der Waals surface area (Å²) in [5, 5.41) is 0. The molecule has 0 aromatic heterocycles. The summed E-state index contributed by atoms with van der Waals surface area (Å²) < 4.78 is 10.0. The fraction of sp³-hybridized carbons (Fsp3) is 0.450. The largest absolute Gasteiger partial charge is 0.468 e. The van der Waals surface area contributed by atoms with E-state index in [9.17, 15) is 14.4 Å². The van der Waals surface area contributed by atoms with Crippen molar-refractivity contribution in [2.75, 3.05) is 13.7 Å². The van der Waals surface area contributed by atoms with Gasteiger partial charge in [-0.15, -0.1) is 0 Å². The molecule has 1 aliphatic heterocycles. The number of ether oxygens (including phenoxy) is 2. The number of nitrogens with zero attached hydrogens (tertiary/aromatic N) is 1. The molecule has 140 valence electrons. The number of hydrogen-bond donors (Lipinski definition) is 0. The lowest BCUT2D eigenvalue weighted by molar-refractivity contribution is -0.145. The quantitative estimate of drug-likeness (QED) is 0.550. The second-order valence-corrected chi connectivity index (χ2v) is 6.43. The topological polar surface area (TPSA) is 72.9 Å². The van der Waals surface area contributed by atoms with Crippen LogP contribution in [0.3, 0.4) is 0 Å². The minimum Gasteiger partial charge on any atom is -0.468 e. The van der Waals surface area contributed by atoms with Gasteiger partial charge in [-0.25, -0.2) is 4.79 Å². The van der Waals surface area contributed by atoms with Crippen LogP contribution in [0, 0.1) is 5.92 Å². The van der Waals surface area contributed by atoms with Gasteiger partial charge in [0.15, 0.2) is 5.78 Å². The van der Waals surface area contributed by atoms with Crippen LogP contribution < -0.4 is 0 Å². The predicted octanol–water partition coefficient (Wildman–Crippen LogP) is 2.48. The van der Waals surface area contributed by atoms with Crippen LogP contribution in [0.1, 0.15) is 32.3 Å². The van der Waals surface area contributed by atoms with Crippen LogP contribution >= 0.6 is 0 Å². The Morgan fingerprint density at radius 1 is 1.27 bits per heavy atom. The monoisotopic (exact) mass is 359 g/mol. The smallest absolute Gasteiger partial charge is 0.343 e. The van der Waals surface area contributed by atoms with E-state index in [4.69, 9.17) is 9.47 Å². The number of rotatable bonds is 7. The molecule has 0 N–H and O–H groups in total. The van der Waals surface area contributed by atoms with Gasteiger partial charge in [-0.2, -0.15) is 0 Å². The molecule has 0 bridgehead atoms. The van der Waals surface area contributed by atoms with Crippen LogP contribution in [0.2, 0.25) is 0 Å². The SMILES string of the molecule is CCC(C)C1CC(=O)C(C(=O)OCc2ccccc2)=CN1CC(=O)OC. The summed E-state index contributed by atoms with van der Waals surface area (Å²) in [4.78, 5) is 38.3. The van der Waals surface area contributed by atoms with Gasteiger partial charge in [-0.3, -0.25) is 9.59 Å². The van der Waals surface area contributed by atoms with Crippen molar-refractivity contribution in [3.05, 3.63) is 47.7 Å². The second-order valence-electron chi connectivity index (χ2n) is 6.43. The molecule has 26 heavy (non-hydrogen) atoms. The number of Topliss-reactive ketones (excluding diaryl/α,β-unsaturated/α-hetero) is 1. The number of ketones is 1. The molecule has 2 rings (SSSR count). The Labute approximate surface area is 153 Å². The molecule has 0 amide bonds. The number of carbonyl (C=O) groups excluding carboxylic acids is 3. The van der Waals surface area contributed by atoms with Crippen molar-refractivity contribution in [1.82, 2.24) is 4.90 Å². The molecule has 0 saturated carbocycles. The number of methoxy groups -OCH3 is 1. The third-order valence-corrected chi connectivity index (χ3v) is 4.69. The van der Waals surface area contributed by atoms with Gasteiger partial charge in [0.2, 0.25) is 0 Å². The van der Waals surface area contributed by atoms with Crippen molar-refractivity contribution in [2.24, 2.45) is 5.92 Å². The van der Waals surface area contributed by atoms with Crippen molar-refractivity contribution in [2.45, 2.75) is 39.3 Å². The van der Waals surface area contributed by atoms with Gasteiger partial charge < -0.3 is 14.4 Å². The fourth-order valence-electron chi connectivity index (χ4n) is 2.89. The molecule has 1 aromatic carbocycles. The number of benzene rings is 1. The highest BCUT2D eigenvalue weighted by molar-refractivity contribution is 6.17. The van der Waals surface area contributed by atoms with E-state index >= 15 is 0 Å². The minimum atomic E-state index is -0.670. The molecule has 0 spiro atoms. The van der Waals surface area contributed by atoms with E-state index in [1.54, 1.807) is 4.90 Å². The summed E-state index contributed by atoms with van der Waals surface area (Å²) in [5.41, 5.74) is 0.818. The van der Waals surface area contributed by atoms with Crippen LogP contribution in [0.25, 0.3) is 0 Å². The van der Waals surface area contributed by atoms with Gasteiger partial charge in [0, 0.05) is 18.7 Å². The van der Waals surface area contributed by atoms with E-state index < -0.39 is 11.9 Å². The summed E-state index contributed by atoms with van der Waals surface area (Å²) >= 11 is 0. The van der Waals surface area contributed by atoms with Crippen LogP contribution in [0.5, 0.6) is 0 Å². The second kappa shape index (κ2) is 9.17. The Balaban J connectivity index is 2.15. The van der Waals surface area contributed by atoms with Gasteiger partial charge >= 0.3 is 11.9 Å². The van der Waals surface area contributed by atoms with Gasteiger partial charge in [0.05, 0.1) is 7.11 Å². The third kappa shape index (κ3) is 4.94. The highest BCUT2D eigenvalue weighted by atomic mass is 16.5. The molecule has 0 aliphatic carbocycles. The van der Waals surface area contributed by atoms with E-state index in [1.807, 2.05) is 44.2 Å². The molecular weight excluding hydrogens is 334 g/mol. The standard InChI is InChI=1S/C20H25NO5/c1-4-14(2)17-10-18(22)16(11-21(17)12-19(23)25-3)20(24)26-13-15-8-6-5-7-9-15/h5-9,11,14,17H,4,10,12-13H2,1-3H3. The Morgan fingerprint density at radius 3 is 2.58 bits per heavy atom. The predicted molar refractivity (Wildman–Crippen MR) is 95.9 cm³/mol. The zero-order valence-electron chi connectivity index (χ0n) is 15.4. The first-order valence-electron chi connectivity index (χ1n) is 8.74. The van der Waals surface area contributed by atoms with E-state index in [2.05, 4.69) is 0 Å². The highest BCUT2D eigenvalue weighted by Crippen LogP contribution is 2.26. The van der Waals surface area contributed by atoms with Gasteiger partial charge in [-0.05, 0) is 11.5 Å². The number of carbonyl (C=O) groups is 3. The summed E-state index contributed by atoms with van der Waals surface area (Å²) in [6.45, 7) is 4.14. The highest BCUT2D eigenvalue weighted by Gasteiger charge is 2.35. The summed E-state index contributed by atoms with van der Waals surface area (Å²) in [5.74, 6) is -1.14. The Morgan fingerprint density at radius 2 is 1.96 bits per heavy atom. The van der Waals surface area contributed by atoms with Crippen LogP contribution in [0.4, 0.5) is 0 Å². The van der Waals surface area contributed by atoms with E-state index in [1.165, 1.54) is 13.3 Å². The Bertz CT molecular complexity index is 683. The maximum absolute atomic E-state index is 12.5. The van der Waals surface area contributed by atoms with Crippen molar-refractivity contribution in [1.29, 1.82) is 0 Å². The minimum absolute atomic E-state index is 0.00570. The molecule has 2 atom stereocenters. The molecule has 1 heterocycles. The van der Waals surface area contributed by atoms with E-state index in [0.29, 0.717) is 0 Å². The molecular formula is C20H25NO5. The molecule has 2 unspecified atom stereocenters. The molecule has 0 fully saturated rings. The van der Waals surface area contributed by atoms with Crippen molar-refractivity contribution < 1.29 is 23.9 Å². The normalized spacial score (nSPS) is 18.1. The van der Waals surface area contributed by atoms with Crippen molar-refractivity contribution in [3.63, 3.8) is 0 Å². The summed E-state index contributed by atoms with van der Waals surface area (Å²) in [6.07, 6.45) is 2.49. The van der Waals surface area contributed by atoms with Crippen molar-refractivity contribution >= 4 is 17.7 Å². The molecule has 6 heteroatoms. The molecule has 1 aliphatic rings. The maximum atomic E-state index is 12.5. The van der Waals surface area contributed by atoms with Gasteiger partial charge in [0.1, 0.15) is 18.7 Å². The van der Waals surface area contributed by atoms with Gasteiger partial charge in [-0.1, -0.05) is 50.6 Å². The average molecular weight is 359 g/mol. The molecule has 0 radical (unpaired) electrons. The average Bonchev–Trinajstić information content (AvgIpc) is 2.67. The molecule has 0 saturated heterocycles. The van der Waals surface area contributed by atoms with Crippen LogP contribution in [0.15, 0.2) is 42.1 Å². The van der Waals surface area contributed by atoms with Crippen LogP contribution in [-0.4, -0.2) is 42.3 Å². The summed E-state index contributed by atoms with van der Waals surface area (Å²) in [7, 11) is 1.31. The zero-order chi connectivity index (χ0) is 19.1. The lowest BCUT2D eigenvalue weighted by Gasteiger charge is -2.36. The zero-order valence-corrected chi connectivity index (χ0v) is 15.4. The molecule has 6 nitrogen and oxygen atoms in total. The third-order valence-electron chi connectivity index (χ3n) is 4.69. The van der Waals surface area contributed by atoms with Gasteiger partial charge in [0.25, 0.3) is 0 Å². The van der Waals surface area contributed by atoms with Crippen LogP contribution in [-0.2, 0) is 30.5 Å². The lowest BCUT2D eigenvalue weighted by Crippen LogP contribution is -2.45. The first-order chi connectivity index (χ1) is 12.5. The first kappa shape index (κ1) is 19.7. The lowest BCUT2D eigenvalue weighted by atomic mass is 9.88. The maximum Gasteiger partial charge on any atom is 0.343 e. The van der Waals surface area contributed by atoms with E-state index in [-0.39, 0.29) is 42.9 Å². The Hall–Kier alpha value is -2.63. The number of esters is 2. The first-order valence-corrected chi connectivity index (χ1v) is 8.74.